The van der Waals surface area contributed by atoms with E-state index in [2.05, 4.69) is 17.6 Å². The average molecular weight is 292 g/mol. The summed E-state index contributed by atoms with van der Waals surface area (Å²) in [5.74, 6) is 0.818. The lowest BCUT2D eigenvalue weighted by Gasteiger charge is -2.23. The van der Waals surface area contributed by atoms with E-state index in [0.29, 0.717) is 13.0 Å². The van der Waals surface area contributed by atoms with Crippen LogP contribution >= 0.6 is 0 Å². The lowest BCUT2D eigenvalue weighted by atomic mass is 10.2. The molecular formula is C16H24N2O3. The van der Waals surface area contributed by atoms with Crippen molar-refractivity contribution in [2.24, 2.45) is 0 Å². The van der Waals surface area contributed by atoms with Gasteiger partial charge in [-0.1, -0.05) is 6.92 Å². The molecule has 2 N–H and O–H groups in total. The molecule has 0 aromatic heterocycles. The van der Waals surface area contributed by atoms with E-state index in [4.69, 9.17) is 9.47 Å². The Balaban J connectivity index is 1.80. The summed E-state index contributed by atoms with van der Waals surface area (Å²) >= 11 is 0. The minimum absolute atomic E-state index is 0.00593. The van der Waals surface area contributed by atoms with Gasteiger partial charge >= 0.3 is 0 Å². The maximum atomic E-state index is 12.0. The van der Waals surface area contributed by atoms with Gasteiger partial charge in [0.05, 0.1) is 19.3 Å². The van der Waals surface area contributed by atoms with E-state index in [1.165, 1.54) is 0 Å². The highest BCUT2D eigenvalue weighted by Crippen LogP contribution is 2.18. The molecule has 1 aliphatic heterocycles. The van der Waals surface area contributed by atoms with Gasteiger partial charge in [-0.25, -0.2) is 0 Å². The molecular weight excluding hydrogens is 268 g/mol. The highest BCUT2D eigenvalue weighted by molar-refractivity contribution is 5.91. The zero-order chi connectivity index (χ0) is 15.1. The smallest absolute Gasteiger partial charge is 0.226 e. The van der Waals surface area contributed by atoms with E-state index in [-0.39, 0.29) is 18.1 Å². The maximum Gasteiger partial charge on any atom is 0.226 e. The molecule has 5 nitrogen and oxygen atoms in total. The number of nitrogens with one attached hydrogen (secondary N) is 2. The van der Waals surface area contributed by atoms with Crippen molar-refractivity contribution in [2.45, 2.75) is 38.8 Å². The molecule has 1 aliphatic rings. The van der Waals surface area contributed by atoms with Crippen LogP contribution in [0.25, 0.3) is 0 Å². The van der Waals surface area contributed by atoms with Crippen LogP contribution in [0.3, 0.4) is 0 Å². The van der Waals surface area contributed by atoms with E-state index in [0.717, 1.165) is 31.0 Å². The van der Waals surface area contributed by atoms with Gasteiger partial charge in [-0.15, -0.1) is 0 Å². The van der Waals surface area contributed by atoms with Crippen molar-refractivity contribution >= 4 is 11.6 Å². The van der Waals surface area contributed by atoms with Crippen LogP contribution in [0.5, 0.6) is 5.75 Å². The third-order valence-corrected chi connectivity index (χ3v) is 3.48. The zero-order valence-electron chi connectivity index (χ0n) is 12.7. The normalized spacial score (nSPS) is 19.8. The number of ether oxygens (including phenoxy) is 2. The monoisotopic (exact) mass is 292 g/mol. The van der Waals surface area contributed by atoms with Crippen LogP contribution in [0.4, 0.5) is 5.69 Å². The van der Waals surface area contributed by atoms with Gasteiger partial charge in [0.1, 0.15) is 5.75 Å². The predicted octanol–water partition coefficient (Wildman–Crippen LogP) is 2.18. The number of anilines is 1. The molecule has 1 aromatic rings. The van der Waals surface area contributed by atoms with Crippen LogP contribution in [0.15, 0.2) is 24.3 Å². The number of carbonyl (C=O) groups excluding carboxylic acids is 1. The Bertz CT molecular complexity index is 441. The van der Waals surface area contributed by atoms with Gasteiger partial charge in [0.25, 0.3) is 0 Å². The standard InChI is InChI=1S/C16H24N2O3/c1-3-12(2)21-15-6-4-13(5-7-15)18-16(19)10-14-11-20-9-8-17-14/h4-7,12,14,17H,3,8-11H2,1-2H3,(H,18,19). The molecule has 21 heavy (non-hydrogen) atoms. The minimum Gasteiger partial charge on any atom is -0.491 e. The van der Waals surface area contributed by atoms with Crippen molar-refractivity contribution in [1.29, 1.82) is 0 Å². The average Bonchev–Trinajstić information content (AvgIpc) is 2.50. The summed E-state index contributed by atoms with van der Waals surface area (Å²) in [6.45, 7) is 6.24. The van der Waals surface area contributed by atoms with E-state index in [1.807, 2.05) is 31.2 Å². The fourth-order valence-corrected chi connectivity index (χ4v) is 2.12. The lowest BCUT2D eigenvalue weighted by Crippen LogP contribution is -2.43. The van der Waals surface area contributed by atoms with Crippen molar-refractivity contribution in [3.05, 3.63) is 24.3 Å². The van der Waals surface area contributed by atoms with Gasteiger partial charge in [0.2, 0.25) is 5.91 Å². The van der Waals surface area contributed by atoms with Crippen molar-refractivity contribution in [3.8, 4) is 5.75 Å². The van der Waals surface area contributed by atoms with Crippen LogP contribution in [-0.4, -0.2) is 37.8 Å². The summed E-state index contributed by atoms with van der Waals surface area (Å²) in [6.07, 6.45) is 1.59. The summed E-state index contributed by atoms with van der Waals surface area (Å²) in [4.78, 5) is 12.0. The molecule has 0 radical (unpaired) electrons. The van der Waals surface area contributed by atoms with E-state index in [1.54, 1.807) is 0 Å². The largest absolute Gasteiger partial charge is 0.491 e. The van der Waals surface area contributed by atoms with Crippen LogP contribution < -0.4 is 15.4 Å². The third kappa shape index (κ3) is 5.36. The van der Waals surface area contributed by atoms with Crippen LogP contribution in [0.2, 0.25) is 0 Å². The number of hydrogen-bond donors (Lipinski definition) is 2. The zero-order valence-corrected chi connectivity index (χ0v) is 12.7. The first kappa shape index (κ1) is 15.8. The molecule has 116 valence electrons. The number of amides is 1. The molecule has 5 heteroatoms. The summed E-state index contributed by atoms with van der Waals surface area (Å²) in [5.41, 5.74) is 0.785. The van der Waals surface area contributed by atoms with Gasteiger partial charge < -0.3 is 20.1 Å². The Morgan fingerprint density at radius 3 is 2.86 bits per heavy atom. The third-order valence-electron chi connectivity index (χ3n) is 3.48. The quantitative estimate of drug-likeness (QED) is 0.844. The number of morpholine rings is 1. The highest BCUT2D eigenvalue weighted by atomic mass is 16.5. The number of hydrogen-bond acceptors (Lipinski definition) is 4. The molecule has 1 aromatic carbocycles. The molecule has 2 unspecified atom stereocenters. The maximum absolute atomic E-state index is 12.0. The lowest BCUT2D eigenvalue weighted by molar-refractivity contribution is -0.117. The molecule has 0 bridgehead atoms. The Morgan fingerprint density at radius 1 is 1.48 bits per heavy atom. The predicted molar refractivity (Wildman–Crippen MR) is 82.7 cm³/mol. The number of carbonyl (C=O) groups is 1. The van der Waals surface area contributed by atoms with Gasteiger partial charge in [0.15, 0.2) is 0 Å². The Kier molecular flexibility index (Phi) is 6.02. The van der Waals surface area contributed by atoms with Gasteiger partial charge in [-0.3, -0.25) is 4.79 Å². The van der Waals surface area contributed by atoms with Crippen LogP contribution in [0, 0.1) is 0 Å². The van der Waals surface area contributed by atoms with Crippen molar-refractivity contribution < 1.29 is 14.3 Å². The molecule has 1 saturated heterocycles. The molecule has 1 amide bonds. The van der Waals surface area contributed by atoms with Crippen molar-refractivity contribution in [2.75, 3.05) is 25.1 Å². The second-order valence-corrected chi connectivity index (χ2v) is 5.34. The summed E-state index contributed by atoms with van der Waals surface area (Å²) in [7, 11) is 0. The first-order valence-corrected chi connectivity index (χ1v) is 7.55. The molecule has 0 saturated carbocycles. The SMILES string of the molecule is CCC(C)Oc1ccc(NC(=O)CC2COCCN2)cc1. The van der Waals surface area contributed by atoms with Crippen molar-refractivity contribution in [1.82, 2.24) is 5.32 Å². The number of benzene rings is 1. The van der Waals surface area contributed by atoms with E-state index < -0.39 is 0 Å². The van der Waals surface area contributed by atoms with Gasteiger partial charge in [-0.2, -0.15) is 0 Å². The second kappa shape index (κ2) is 8.00. The fraction of sp³-hybridized carbons (Fsp3) is 0.562. The molecule has 0 aliphatic carbocycles. The number of rotatable bonds is 6. The fourth-order valence-electron chi connectivity index (χ4n) is 2.12. The second-order valence-electron chi connectivity index (χ2n) is 5.34. The summed E-state index contributed by atoms with van der Waals surface area (Å²) in [6, 6.07) is 7.58. The highest BCUT2D eigenvalue weighted by Gasteiger charge is 2.16. The van der Waals surface area contributed by atoms with Crippen LogP contribution in [-0.2, 0) is 9.53 Å². The summed E-state index contributed by atoms with van der Waals surface area (Å²) < 4.78 is 11.0. The first-order chi connectivity index (χ1) is 10.2. The first-order valence-electron chi connectivity index (χ1n) is 7.55. The Morgan fingerprint density at radius 2 is 2.24 bits per heavy atom. The van der Waals surface area contributed by atoms with E-state index in [9.17, 15) is 4.79 Å². The minimum atomic E-state index is -0.00593. The Labute approximate surface area is 126 Å². The van der Waals surface area contributed by atoms with Gasteiger partial charge in [0, 0.05) is 24.7 Å². The molecule has 2 rings (SSSR count). The summed E-state index contributed by atoms with van der Waals surface area (Å²) in [5, 5.41) is 6.16. The molecule has 0 spiro atoms. The Hall–Kier alpha value is -1.59. The molecule has 1 fully saturated rings. The van der Waals surface area contributed by atoms with Crippen molar-refractivity contribution in [3.63, 3.8) is 0 Å². The molecule has 2 atom stereocenters. The van der Waals surface area contributed by atoms with E-state index >= 15 is 0 Å². The van der Waals surface area contributed by atoms with Gasteiger partial charge in [-0.05, 0) is 37.6 Å². The van der Waals surface area contributed by atoms with Crippen LogP contribution in [0.1, 0.15) is 26.7 Å². The topological polar surface area (TPSA) is 59.6 Å². The molecule has 1 heterocycles.